The fourth-order valence-electron chi connectivity index (χ4n) is 5.75. The fourth-order valence-corrected chi connectivity index (χ4v) is 5.95. The van der Waals surface area contributed by atoms with E-state index in [-0.39, 0.29) is 35.6 Å². The molecule has 2 atom stereocenters. The SMILES string of the molecule is CNC(=O)Cc1cc(Cl)ccc1C1CCN(C(=O)C2CN(C(C)(C)C)CC2c2ccc(F)cc2F)CC1. The van der Waals surface area contributed by atoms with E-state index in [1.54, 1.807) is 7.05 Å². The van der Waals surface area contributed by atoms with Gasteiger partial charge in [-0.3, -0.25) is 14.5 Å². The third-order valence-electron chi connectivity index (χ3n) is 7.93. The van der Waals surface area contributed by atoms with Crippen molar-refractivity contribution in [3.63, 3.8) is 0 Å². The Morgan fingerprint density at radius 3 is 2.32 bits per heavy atom. The van der Waals surface area contributed by atoms with Crippen LogP contribution in [-0.4, -0.2) is 60.4 Å². The summed E-state index contributed by atoms with van der Waals surface area (Å²) in [5, 5.41) is 3.26. The lowest BCUT2D eigenvalue weighted by molar-refractivity contribution is -0.136. The molecular weight excluding hydrogens is 496 g/mol. The van der Waals surface area contributed by atoms with Crippen molar-refractivity contribution >= 4 is 23.4 Å². The van der Waals surface area contributed by atoms with Crippen molar-refractivity contribution < 1.29 is 18.4 Å². The fraction of sp³-hybridized carbons (Fsp3) is 0.517. The molecule has 2 aliphatic heterocycles. The molecule has 4 rings (SSSR count). The smallest absolute Gasteiger partial charge is 0.227 e. The minimum atomic E-state index is -0.616. The molecule has 1 N–H and O–H groups in total. The summed E-state index contributed by atoms with van der Waals surface area (Å²) in [5.41, 5.74) is 2.25. The molecule has 2 unspecified atom stereocenters. The van der Waals surface area contributed by atoms with Crippen molar-refractivity contribution in [3.8, 4) is 0 Å². The Kier molecular flexibility index (Phi) is 8.24. The van der Waals surface area contributed by atoms with Gasteiger partial charge in [0.15, 0.2) is 0 Å². The zero-order valence-corrected chi connectivity index (χ0v) is 22.7. The molecule has 0 saturated carbocycles. The first kappa shape index (κ1) is 27.5. The van der Waals surface area contributed by atoms with Crippen LogP contribution < -0.4 is 5.32 Å². The van der Waals surface area contributed by atoms with E-state index in [4.69, 9.17) is 11.6 Å². The van der Waals surface area contributed by atoms with Crippen molar-refractivity contribution in [3.05, 3.63) is 69.7 Å². The van der Waals surface area contributed by atoms with Gasteiger partial charge in [0, 0.05) is 55.8 Å². The van der Waals surface area contributed by atoms with Crippen LogP contribution in [0, 0.1) is 17.6 Å². The molecule has 2 aliphatic rings. The van der Waals surface area contributed by atoms with Crippen LogP contribution in [-0.2, 0) is 16.0 Å². The Labute approximate surface area is 223 Å². The second-order valence-electron chi connectivity index (χ2n) is 11.2. The summed E-state index contributed by atoms with van der Waals surface area (Å²) in [5.74, 6) is -1.75. The number of hydrogen-bond donors (Lipinski definition) is 1. The van der Waals surface area contributed by atoms with Crippen LogP contribution in [0.3, 0.4) is 0 Å². The van der Waals surface area contributed by atoms with Crippen LogP contribution >= 0.6 is 11.6 Å². The van der Waals surface area contributed by atoms with E-state index in [1.807, 2.05) is 23.1 Å². The predicted molar refractivity (Wildman–Crippen MR) is 142 cm³/mol. The van der Waals surface area contributed by atoms with E-state index >= 15 is 0 Å². The number of nitrogens with zero attached hydrogens (tertiary/aromatic N) is 2. The number of likely N-dealkylation sites (N-methyl/N-ethyl adjacent to an activating group) is 1. The van der Waals surface area contributed by atoms with Crippen LogP contribution in [0.2, 0.25) is 5.02 Å². The lowest BCUT2D eigenvalue weighted by atomic mass is 9.84. The predicted octanol–water partition coefficient (Wildman–Crippen LogP) is 5.13. The van der Waals surface area contributed by atoms with Gasteiger partial charge in [-0.1, -0.05) is 23.7 Å². The highest BCUT2D eigenvalue weighted by Crippen LogP contribution is 2.40. The normalized spacial score (nSPS) is 21.3. The summed E-state index contributed by atoms with van der Waals surface area (Å²) >= 11 is 6.21. The standard InChI is InChI=1S/C29H36ClF2N3O2/c1-29(2,3)35-16-24(23-8-6-21(31)15-26(23)32)25(17-35)28(37)34-11-9-18(10-12-34)22-7-5-20(30)13-19(22)14-27(36)33-4/h5-8,13,15,18,24-25H,9-12,14,16-17H2,1-4H3,(H,33,36). The molecule has 5 nitrogen and oxygen atoms in total. The number of rotatable bonds is 5. The average Bonchev–Trinajstić information content (AvgIpc) is 3.29. The van der Waals surface area contributed by atoms with Gasteiger partial charge in [-0.2, -0.15) is 0 Å². The first-order chi connectivity index (χ1) is 17.5. The van der Waals surface area contributed by atoms with Crippen molar-refractivity contribution in [2.24, 2.45) is 5.92 Å². The summed E-state index contributed by atoms with van der Waals surface area (Å²) in [6, 6.07) is 9.36. The highest BCUT2D eigenvalue weighted by atomic mass is 35.5. The maximum absolute atomic E-state index is 14.8. The van der Waals surface area contributed by atoms with Crippen molar-refractivity contribution in [1.29, 1.82) is 0 Å². The quantitative estimate of drug-likeness (QED) is 0.582. The lowest BCUT2D eigenvalue weighted by Crippen LogP contribution is -2.44. The van der Waals surface area contributed by atoms with Crippen molar-refractivity contribution in [1.82, 2.24) is 15.1 Å². The van der Waals surface area contributed by atoms with Gasteiger partial charge >= 0.3 is 0 Å². The Balaban J connectivity index is 1.51. The molecule has 0 radical (unpaired) electrons. The number of halogens is 3. The lowest BCUT2D eigenvalue weighted by Gasteiger charge is -2.36. The van der Waals surface area contributed by atoms with Crippen LogP contribution in [0.4, 0.5) is 8.78 Å². The minimum absolute atomic E-state index is 0.0283. The Morgan fingerprint density at radius 1 is 1.03 bits per heavy atom. The Hall–Kier alpha value is -2.51. The Morgan fingerprint density at radius 2 is 1.70 bits per heavy atom. The number of amides is 2. The van der Waals surface area contributed by atoms with Gasteiger partial charge in [-0.05, 0) is 74.4 Å². The van der Waals surface area contributed by atoms with E-state index in [2.05, 4.69) is 31.0 Å². The number of hydrogen-bond acceptors (Lipinski definition) is 3. The molecule has 2 aromatic rings. The molecule has 0 bridgehead atoms. The van der Waals surface area contributed by atoms with E-state index in [0.29, 0.717) is 36.8 Å². The van der Waals surface area contributed by atoms with Crippen LogP contribution in [0.5, 0.6) is 0 Å². The summed E-state index contributed by atoms with van der Waals surface area (Å²) in [7, 11) is 1.62. The van der Waals surface area contributed by atoms with Gasteiger partial charge in [0.2, 0.25) is 11.8 Å². The highest BCUT2D eigenvalue weighted by Gasteiger charge is 2.44. The monoisotopic (exact) mass is 531 g/mol. The molecule has 2 fully saturated rings. The third-order valence-corrected chi connectivity index (χ3v) is 8.16. The largest absolute Gasteiger partial charge is 0.359 e. The van der Waals surface area contributed by atoms with E-state index in [1.165, 1.54) is 12.1 Å². The molecule has 0 aliphatic carbocycles. The van der Waals surface area contributed by atoms with Crippen LogP contribution in [0.25, 0.3) is 0 Å². The molecular formula is C29H36ClF2N3O2. The van der Waals surface area contributed by atoms with Gasteiger partial charge in [0.05, 0.1) is 12.3 Å². The zero-order chi connectivity index (χ0) is 26.9. The van der Waals surface area contributed by atoms with E-state index in [9.17, 15) is 18.4 Å². The average molecular weight is 532 g/mol. The van der Waals surface area contributed by atoms with Gasteiger partial charge in [-0.25, -0.2) is 8.78 Å². The summed E-state index contributed by atoms with van der Waals surface area (Å²) in [6.07, 6.45) is 1.82. The maximum Gasteiger partial charge on any atom is 0.227 e. The van der Waals surface area contributed by atoms with E-state index in [0.717, 1.165) is 30.0 Å². The number of benzene rings is 2. The molecule has 8 heteroatoms. The van der Waals surface area contributed by atoms with Gasteiger partial charge in [0.1, 0.15) is 11.6 Å². The van der Waals surface area contributed by atoms with Gasteiger partial charge < -0.3 is 10.2 Å². The maximum atomic E-state index is 14.8. The first-order valence-corrected chi connectivity index (χ1v) is 13.3. The van der Waals surface area contributed by atoms with Crippen LogP contribution in [0.15, 0.2) is 36.4 Å². The summed E-state index contributed by atoms with van der Waals surface area (Å²) in [4.78, 5) is 30.0. The minimum Gasteiger partial charge on any atom is -0.359 e. The van der Waals surface area contributed by atoms with Gasteiger partial charge in [-0.15, -0.1) is 0 Å². The second-order valence-corrected chi connectivity index (χ2v) is 11.7. The molecule has 0 spiro atoms. The molecule has 2 saturated heterocycles. The summed E-state index contributed by atoms with van der Waals surface area (Å²) in [6.45, 7) is 8.54. The Bertz CT molecular complexity index is 1160. The first-order valence-electron chi connectivity index (χ1n) is 13.0. The second kappa shape index (κ2) is 11.1. The molecule has 2 heterocycles. The van der Waals surface area contributed by atoms with E-state index < -0.39 is 17.6 Å². The topological polar surface area (TPSA) is 52.7 Å². The molecule has 2 aromatic carbocycles. The number of likely N-dealkylation sites (tertiary alicyclic amines) is 2. The number of piperidine rings is 1. The molecule has 37 heavy (non-hydrogen) atoms. The van der Waals surface area contributed by atoms with Gasteiger partial charge in [0.25, 0.3) is 0 Å². The van der Waals surface area contributed by atoms with Crippen molar-refractivity contribution in [2.75, 3.05) is 33.2 Å². The molecule has 2 amide bonds. The molecule has 200 valence electrons. The molecule has 0 aromatic heterocycles. The zero-order valence-electron chi connectivity index (χ0n) is 22.0. The van der Waals surface area contributed by atoms with Crippen molar-refractivity contribution in [2.45, 2.75) is 57.4 Å². The number of nitrogens with one attached hydrogen (secondary N) is 1. The highest BCUT2D eigenvalue weighted by molar-refractivity contribution is 6.30. The third kappa shape index (κ3) is 6.15. The number of carbonyl (C=O) groups excluding carboxylic acids is 2. The van der Waals surface area contributed by atoms with Crippen LogP contribution in [0.1, 0.15) is 62.1 Å². The number of carbonyl (C=O) groups is 2. The summed E-state index contributed by atoms with van der Waals surface area (Å²) < 4.78 is 28.4.